The van der Waals surface area contributed by atoms with E-state index in [0.29, 0.717) is 42.8 Å². The fourth-order valence-corrected chi connectivity index (χ4v) is 2.46. The first-order valence-corrected chi connectivity index (χ1v) is 7.60. The summed E-state index contributed by atoms with van der Waals surface area (Å²) in [5.74, 6) is 1.34. The molecule has 0 atom stereocenters. The van der Waals surface area contributed by atoms with Crippen molar-refractivity contribution in [3.05, 3.63) is 17.3 Å². The van der Waals surface area contributed by atoms with E-state index in [1.807, 2.05) is 20.8 Å². The molecule has 0 N–H and O–H groups in total. The van der Waals surface area contributed by atoms with Gasteiger partial charge in [0.05, 0.1) is 18.3 Å². The minimum absolute atomic E-state index is 0.277. The SMILES string of the molecule is COc1cnc(N2CCN(C(=O)OC(C)(C)C)CC2)c(Cl)c1. The molecular weight excluding hydrogens is 306 g/mol. The molecule has 2 heterocycles. The molecule has 1 amide bonds. The molecule has 0 radical (unpaired) electrons. The largest absolute Gasteiger partial charge is 0.495 e. The molecule has 1 aromatic heterocycles. The Morgan fingerprint density at radius 3 is 2.41 bits per heavy atom. The third kappa shape index (κ3) is 4.16. The highest BCUT2D eigenvalue weighted by molar-refractivity contribution is 6.33. The Balaban J connectivity index is 1.96. The van der Waals surface area contributed by atoms with Gasteiger partial charge < -0.3 is 19.3 Å². The maximum atomic E-state index is 12.0. The van der Waals surface area contributed by atoms with Gasteiger partial charge in [0.25, 0.3) is 0 Å². The average Bonchev–Trinajstić information content (AvgIpc) is 2.45. The number of aromatic nitrogens is 1. The van der Waals surface area contributed by atoms with Crippen LogP contribution in [0.5, 0.6) is 5.75 Å². The molecule has 7 heteroatoms. The number of rotatable bonds is 2. The smallest absolute Gasteiger partial charge is 0.410 e. The number of piperazine rings is 1. The monoisotopic (exact) mass is 327 g/mol. The third-order valence-electron chi connectivity index (χ3n) is 3.26. The number of ether oxygens (including phenoxy) is 2. The lowest BCUT2D eigenvalue weighted by Crippen LogP contribution is -2.50. The highest BCUT2D eigenvalue weighted by Gasteiger charge is 2.27. The van der Waals surface area contributed by atoms with Crippen molar-refractivity contribution in [1.82, 2.24) is 9.88 Å². The number of anilines is 1. The van der Waals surface area contributed by atoms with Crippen molar-refractivity contribution < 1.29 is 14.3 Å². The van der Waals surface area contributed by atoms with Crippen LogP contribution in [0, 0.1) is 0 Å². The van der Waals surface area contributed by atoms with Crippen LogP contribution in [0.25, 0.3) is 0 Å². The van der Waals surface area contributed by atoms with E-state index >= 15 is 0 Å². The Labute approximate surface area is 136 Å². The molecule has 22 heavy (non-hydrogen) atoms. The van der Waals surface area contributed by atoms with E-state index in [-0.39, 0.29) is 6.09 Å². The minimum atomic E-state index is -0.477. The number of hydrogen-bond donors (Lipinski definition) is 0. The van der Waals surface area contributed by atoms with Gasteiger partial charge >= 0.3 is 6.09 Å². The maximum Gasteiger partial charge on any atom is 0.410 e. The van der Waals surface area contributed by atoms with Crippen molar-refractivity contribution in [2.45, 2.75) is 26.4 Å². The molecule has 0 spiro atoms. The van der Waals surface area contributed by atoms with E-state index in [9.17, 15) is 4.79 Å². The molecule has 2 rings (SSSR count). The zero-order valence-electron chi connectivity index (χ0n) is 13.4. The van der Waals surface area contributed by atoms with Crippen LogP contribution >= 0.6 is 11.6 Å². The summed E-state index contributed by atoms with van der Waals surface area (Å²) in [5, 5.41) is 0.546. The predicted octanol–water partition coefficient (Wildman–Crippen LogP) is 2.80. The summed E-state index contributed by atoms with van der Waals surface area (Å²) in [6, 6.07) is 1.74. The molecule has 1 saturated heterocycles. The summed E-state index contributed by atoms with van der Waals surface area (Å²) in [6.45, 7) is 8.08. The second-order valence-electron chi connectivity index (χ2n) is 6.14. The lowest BCUT2D eigenvalue weighted by Gasteiger charge is -2.36. The summed E-state index contributed by atoms with van der Waals surface area (Å²) in [6.07, 6.45) is 1.36. The number of methoxy groups -OCH3 is 1. The van der Waals surface area contributed by atoms with Gasteiger partial charge in [-0.2, -0.15) is 0 Å². The Bertz CT molecular complexity index is 537. The summed E-state index contributed by atoms with van der Waals surface area (Å²) >= 11 is 6.24. The number of pyridine rings is 1. The zero-order chi connectivity index (χ0) is 16.3. The van der Waals surface area contributed by atoms with Gasteiger partial charge in [0.1, 0.15) is 17.2 Å². The molecule has 0 saturated carbocycles. The molecular formula is C15H22ClN3O3. The third-order valence-corrected chi connectivity index (χ3v) is 3.54. The van der Waals surface area contributed by atoms with Gasteiger partial charge in [0, 0.05) is 32.2 Å². The van der Waals surface area contributed by atoms with E-state index in [4.69, 9.17) is 21.1 Å². The first-order chi connectivity index (χ1) is 10.3. The molecule has 0 bridgehead atoms. The normalized spacial score (nSPS) is 15.7. The van der Waals surface area contributed by atoms with Gasteiger partial charge in [-0.15, -0.1) is 0 Å². The van der Waals surface area contributed by atoms with Crippen LogP contribution in [-0.2, 0) is 4.74 Å². The van der Waals surface area contributed by atoms with Gasteiger partial charge in [0.2, 0.25) is 0 Å². The topological polar surface area (TPSA) is 54.9 Å². The van der Waals surface area contributed by atoms with E-state index in [1.54, 1.807) is 24.3 Å². The Morgan fingerprint density at radius 2 is 1.91 bits per heavy atom. The van der Waals surface area contributed by atoms with Crippen molar-refractivity contribution in [2.24, 2.45) is 0 Å². The van der Waals surface area contributed by atoms with E-state index in [1.165, 1.54) is 0 Å². The van der Waals surface area contributed by atoms with Crippen LogP contribution in [-0.4, -0.2) is 54.9 Å². The van der Waals surface area contributed by atoms with E-state index in [0.717, 1.165) is 0 Å². The number of carbonyl (C=O) groups is 1. The number of halogens is 1. The zero-order valence-corrected chi connectivity index (χ0v) is 14.2. The summed E-state index contributed by atoms with van der Waals surface area (Å²) in [7, 11) is 1.58. The van der Waals surface area contributed by atoms with Crippen LogP contribution in [0.15, 0.2) is 12.3 Å². The van der Waals surface area contributed by atoms with E-state index in [2.05, 4.69) is 9.88 Å². The van der Waals surface area contributed by atoms with Gasteiger partial charge in [-0.25, -0.2) is 9.78 Å². The molecule has 1 aliphatic rings. The molecule has 6 nitrogen and oxygen atoms in total. The molecule has 0 aliphatic carbocycles. The summed E-state index contributed by atoms with van der Waals surface area (Å²) < 4.78 is 10.5. The standard InChI is InChI=1S/C15H22ClN3O3/c1-15(2,3)22-14(20)19-7-5-18(6-8-19)13-12(16)9-11(21-4)10-17-13/h9-10H,5-8H2,1-4H3. The van der Waals surface area contributed by atoms with E-state index < -0.39 is 5.60 Å². The van der Waals surface area contributed by atoms with Gasteiger partial charge in [-0.3, -0.25) is 0 Å². The van der Waals surface area contributed by atoms with Crippen LogP contribution in [0.2, 0.25) is 5.02 Å². The summed E-state index contributed by atoms with van der Waals surface area (Å²) in [4.78, 5) is 20.1. The van der Waals surface area contributed by atoms with Crippen LogP contribution in [0.1, 0.15) is 20.8 Å². The maximum absolute atomic E-state index is 12.0. The Hall–Kier alpha value is -1.69. The molecule has 1 fully saturated rings. The Kier molecular flexibility index (Phi) is 5.01. The molecule has 1 aromatic rings. The number of nitrogens with zero attached hydrogens (tertiary/aromatic N) is 3. The van der Waals surface area contributed by atoms with Gasteiger partial charge in [-0.05, 0) is 20.8 Å². The van der Waals surface area contributed by atoms with Crippen molar-refractivity contribution >= 4 is 23.5 Å². The van der Waals surface area contributed by atoms with Crippen LogP contribution < -0.4 is 9.64 Å². The lowest BCUT2D eigenvalue weighted by atomic mass is 10.2. The van der Waals surface area contributed by atoms with Crippen LogP contribution in [0.3, 0.4) is 0 Å². The van der Waals surface area contributed by atoms with Gasteiger partial charge in [-0.1, -0.05) is 11.6 Å². The highest BCUT2D eigenvalue weighted by atomic mass is 35.5. The molecule has 1 aliphatic heterocycles. The van der Waals surface area contributed by atoms with Crippen LogP contribution in [0.4, 0.5) is 10.6 Å². The average molecular weight is 328 g/mol. The first kappa shape index (κ1) is 16.7. The lowest BCUT2D eigenvalue weighted by molar-refractivity contribution is 0.0240. The minimum Gasteiger partial charge on any atom is -0.495 e. The molecule has 0 unspecified atom stereocenters. The second kappa shape index (κ2) is 6.60. The van der Waals surface area contributed by atoms with Crippen molar-refractivity contribution in [3.63, 3.8) is 0 Å². The number of amides is 1. The molecule has 122 valence electrons. The Morgan fingerprint density at radius 1 is 1.27 bits per heavy atom. The van der Waals surface area contributed by atoms with Crippen molar-refractivity contribution in [2.75, 3.05) is 38.2 Å². The second-order valence-corrected chi connectivity index (χ2v) is 6.54. The highest BCUT2D eigenvalue weighted by Crippen LogP contribution is 2.27. The fraction of sp³-hybridized carbons (Fsp3) is 0.600. The fourth-order valence-electron chi connectivity index (χ4n) is 2.18. The summed E-state index contributed by atoms with van der Waals surface area (Å²) in [5.41, 5.74) is -0.477. The quantitative estimate of drug-likeness (QED) is 0.836. The van der Waals surface area contributed by atoms with Crippen molar-refractivity contribution in [3.8, 4) is 5.75 Å². The number of hydrogen-bond acceptors (Lipinski definition) is 5. The molecule has 0 aromatic carbocycles. The predicted molar refractivity (Wildman–Crippen MR) is 85.8 cm³/mol. The van der Waals surface area contributed by atoms with Crippen molar-refractivity contribution in [1.29, 1.82) is 0 Å². The first-order valence-electron chi connectivity index (χ1n) is 7.22. The number of carbonyl (C=O) groups excluding carboxylic acids is 1. The van der Waals surface area contributed by atoms with Gasteiger partial charge in [0.15, 0.2) is 0 Å².